The Morgan fingerprint density at radius 2 is 1.87 bits per heavy atom. The zero-order valence-corrected chi connectivity index (χ0v) is 17.9. The van der Waals surface area contributed by atoms with E-state index in [9.17, 15) is 13.2 Å². The molecule has 4 rings (SSSR count). The molecule has 10 heteroatoms. The van der Waals surface area contributed by atoms with Crippen LogP contribution in [0.1, 0.15) is 30.4 Å². The molecule has 2 aliphatic heterocycles. The van der Waals surface area contributed by atoms with E-state index in [0.717, 1.165) is 23.4 Å². The van der Waals surface area contributed by atoms with Gasteiger partial charge in [-0.1, -0.05) is 35.0 Å². The van der Waals surface area contributed by atoms with Gasteiger partial charge in [0.2, 0.25) is 0 Å². The van der Waals surface area contributed by atoms with Crippen LogP contribution >= 0.6 is 23.8 Å². The fourth-order valence-corrected chi connectivity index (χ4v) is 3.95. The summed E-state index contributed by atoms with van der Waals surface area (Å²) in [5.74, 6) is 0. The number of thiocarbonyl (C=S) groups is 1. The largest absolute Gasteiger partial charge is 0.416 e. The fraction of sp³-hybridized carbons (Fsp3) is 0.333. The number of anilines is 1. The Kier molecular flexibility index (Phi) is 6.09. The number of oxime groups is 1. The molecule has 2 aliphatic rings. The van der Waals surface area contributed by atoms with Crippen LogP contribution in [0.5, 0.6) is 0 Å². The second-order valence-corrected chi connectivity index (χ2v) is 8.31. The van der Waals surface area contributed by atoms with Gasteiger partial charge in [0.15, 0.2) is 0 Å². The van der Waals surface area contributed by atoms with Crippen LogP contribution < -0.4 is 5.32 Å². The molecule has 0 saturated carbocycles. The van der Waals surface area contributed by atoms with Gasteiger partial charge in [0.05, 0.1) is 11.3 Å². The molecular formula is C21H19ClF3N3O2S. The van der Waals surface area contributed by atoms with Crippen LogP contribution in [0, 0.1) is 0 Å². The summed E-state index contributed by atoms with van der Waals surface area (Å²) in [5.41, 5.74) is 0.938. The summed E-state index contributed by atoms with van der Waals surface area (Å²) >= 11 is 11.1. The molecule has 2 aromatic carbocycles. The molecule has 1 spiro atoms. The Morgan fingerprint density at radius 1 is 1.16 bits per heavy atom. The van der Waals surface area contributed by atoms with Crippen LogP contribution in [0.15, 0.2) is 53.7 Å². The number of alkyl halides is 3. The minimum atomic E-state index is -4.42. The minimum Gasteiger partial charge on any atom is -0.388 e. The van der Waals surface area contributed by atoms with Gasteiger partial charge in [-0.05, 0) is 48.1 Å². The zero-order chi connectivity index (χ0) is 22.1. The number of hydrogen-bond acceptors (Lipinski definition) is 5. The van der Waals surface area contributed by atoms with Crippen molar-refractivity contribution in [2.24, 2.45) is 5.16 Å². The lowest BCUT2D eigenvalue weighted by atomic mass is 9.86. The first-order valence-corrected chi connectivity index (χ1v) is 10.4. The molecule has 0 bridgehead atoms. The lowest BCUT2D eigenvalue weighted by Gasteiger charge is -2.36. The average Bonchev–Trinajstić information content (AvgIpc) is 3.14. The fourth-order valence-electron chi connectivity index (χ4n) is 3.60. The third-order valence-electron chi connectivity index (χ3n) is 5.30. The number of hydroxylamine groups is 2. The topological polar surface area (TPSA) is 46.1 Å². The lowest BCUT2D eigenvalue weighted by Crippen LogP contribution is -2.45. The lowest BCUT2D eigenvalue weighted by molar-refractivity contribution is -0.143. The normalized spacial score (nSPS) is 18.4. The van der Waals surface area contributed by atoms with Gasteiger partial charge < -0.3 is 15.0 Å². The number of halogens is 4. The smallest absolute Gasteiger partial charge is 0.388 e. The highest BCUT2D eigenvalue weighted by atomic mass is 35.5. The van der Waals surface area contributed by atoms with Crippen molar-refractivity contribution in [2.45, 2.75) is 31.0 Å². The summed E-state index contributed by atoms with van der Waals surface area (Å²) in [6.45, 7) is 1.10. The Morgan fingerprint density at radius 3 is 2.55 bits per heavy atom. The summed E-state index contributed by atoms with van der Waals surface area (Å²) in [4.78, 5) is 11.4. The number of nitrogens with one attached hydrogen (secondary N) is 1. The molecule has 31 heavy (non-hydrogen) atoms. The number of nitrogens with zero attached hydrogens (tertiary/aromatic N) is 2. The molecule has 164 valence electrons. The third kappa shape index (κ3) is 5.28. The van der Waals surface area contributed by atoms with E-state index in [1.807, 2.05) is 24.3 Å². The predicted octanol–water partition coefficient (Wildman–Crippen LogP) is 5.65. The van der Waals surface area contributed by atoms with E-state index in [2.05, 4.69) is 10.5 Å². The third-order valence-corrected chi connectivity index (χ3v) is 5.73. The van der Waals surface area contributed by atoms with Gasteiger partial charge in [-0.25, -0.2) is 0 Å². The number of piperidine rings is 1. The maximum absolute atomic E-state index is 12.8. The molecule has 0 aliphatic carbocycles. The minimum absolute atomic E-state index is 0.0132. The van der Waals surface area contributed by atoms with Gasteiger partial charge in [0.1, 0.15) is 5.60 Å². The molecule has 0 atom stereocenters. The van der Waals surface area contributed by atoms with Crippen LogP contribution in [0.25, 0.3) is 0 Å². The molecule has 0 aromatic heterocycles. The maximum Gasteiger partial charge on any atom is 0.416 e. The first-order valence-electron chi connectivity index (χ1n) is 9.65. The highest BCUT2D eigenvalue weighted by Gasteiger charge is 2.43. The number of benzene rings is 2. The van der Waals surface area contributed by atoms with E-state index in [1.165, 1.54) is 12.1 Å². The average molecular weight is 470 g/mol. The molecule has 5 nitrogen and oxygen atoms in total. The highest BCUT2D eigenvalue weighted by molar-refractivity contribution is 7.80. The monoisotopic (exact) mass is 469 g/mol. The molecule has 0 radical (unpaired) electrons. The van der Waals surface area contributed by atoms with Crippen LogP contribution in [0.3, 0.4) is 0 Å². The molecule has 1 saturated heterocycles. The SMILES string of the molecule is FC(F)(F)c1cccc(NC(=S)ON2CCC3(CC2)CC(c2ccc(Cl)cc2)=NO3)c1. The predicted molar refractivity (Wildman–Crippen MR) is 116 cm³/mol. The van der Waals surface area contributed by atoms with E-state index >= 15 is 0 Å². The highest BCUT2D eigenvalue weighted by Crippen LogP contribution is 2.36. The number of rotatable bonds is 3. The van der Waals surface area contributed by atoms with Crippen LogP contribution in [-0.4, -0.2) is 34.6 Å². The van der Waals surface area contributed by atoms with Crippen LogP contribution in [0.2, 0.25) is 5.02 Å². The van der Waals surface area contributed by atoms with Gasteiger partial charge in [-0.2, -0.15) is 13.2 Å². The summed E-state index contributed by atoms with van der Waals surface area (Å²) in [7, 11) is 0. The van der Waals surface area contributed by atoms with Crippen molar-refractivity contribution >= 4 is 40.4 Å². The van der Waals surface area contributed by atoms with Gasteiger partial charge >= 0.3 is 6.18 Å². The van der Waals surface area contributed by atoms with Crippen molar-refractivity contribution < 1.29 is 22.8 Å². The zero-order valence-electron chi connectivity index (χ0n) is 16.3. The van der Waals surface area contributed by atoms with E-state index in [-0.39, 0.29) is 16.5 Å². The van der Waals surface area contributed by atoms with Crippen molar-refractivity contribution in [1.29, 1.82) is 0 Å². The van der Waals surface area contributed by atoms with E-state index < -0.39 is 11.7 Å². The van der Waals surface area contributed by atoms with Crippen molar-refractivity contribution in [3.05, 3.63) is 64.7 Å². The maximum atomic E-state index is 12.8. The summed E-state index contributed by atoms with van der Waals surface area (Å²) < 4.78 is 38.5. The van der Waals surface area contributed by atoms with Gasteiger partial charge in [-0.15, -0.1) is 5.06 Å². The summed E-state index contributed by atoms with van der Waals surface area (Å²) in [6, 6.07) is 12.3. The van der Waals surface area contributed by atoms with Crippen molar-refractivity contribution in [1.82, 2.24) is 5.06 Å². The van der Waals surface area contributed by atoms with E-state index in [1.54, 1.807) is 5.06 Å². The summed E-state index contributed by atoms with van der Waals surface area (Å²) in [6.07, 6.45) is -2.37. The molecule has 1 N–H and O–H groups in total. The Hall–Kier alpha value is -2.36. The molecule has 0 unspecified atom stereocenters. The van der Waals surface area contributed by atoms with Crippen molar-refractivity contribution in [2.75, 3.05) is 18.4 Å². The van der Waals surface area contributed by atoms with Crippen LogP contribution in [-0.2, 0) is 15.9 Å². The standard InChI is InChI=1S/C21H19ClF3N3O2S/c22-16-6-4-14(5-7-16)18-13-20(30-27-18)8-10-28(11-9-20)29-19(31)26-17-3-1-2-15(12-17)21(23,24)25/h1-7,12H,8-11,13H2,(H,26,31). The van der Waals surface area contributed by atoms with Gasteiger partial charge in [0, 0.05) is 43.1 Å². The van der Waals surface area contributed by atoms with E-state index in [0.29, 0.717) is 37.4 Å². The molecule has 2 aromatic rings. The Bertz CT molecular complexity index is 990. The molecule has 0 amide bonds. The van der Waals surface area contributed by atoms with Gasteiger partial charge in [-0.3, -0.25) is 0 Å². The quantitative estimate of drug-likeness (QED) is 0.589. The number of hydrogen-bond donors (Lipinski definition) is 1. The van der Waals surface area contributed by atoms with Gasteiger partial charge in [0.25, 0.3) is 5.17 Å². The second-order valence-electron chi connectivity index (χ2n) is 7.51. The molecule has 1 fully saturated rings. The molecule has 2 heterocycles. The molecular weight excluding hydrogens is 451 g/mol. The van der Waals surface area contributed by atoms with Crippen LogP contribution in [0.4, 0.5) is 18.9 Å². The van der Waals surface area contributed by atoms with Crippen molar-refractivity contribution in [3.63, 3.8) is 0 Å². The first-order chi connectivity index (χ1) is 14.7. The Labute approximate surface area is 187 Å². The second kappa shape index (κ2) is 8.64. The first kappa shape index (κ1) is 21.9. The van der Waals surface area contributed by atoms with E-state index in [4.69, 9.17) is 33.5 Å². The van der Waals surface area contributed by atoms with Crippen molar-refractivity contribution in [3.8, 4) is 0 Å². The summed E-state index contributed by atoms with van der Waals surface area (Å²) in [5, 5.41) is 9.30. The Balaban J connectivity index is 1.28.